The van der Waals surface area contributed by atoms with Gasteiger partial charge in [-0.3, -0.25) is 0 Å². The van der Waals surface area contributed by atoms with Gasteiger partial charge in [0.1, 0.15) is 5.75 Å². The highest BCUT2D eigenvalue weighted by atomic mass is 79.9. The summed E-state index contributed by atoms with van der Waals surface area (Å²) in [4.78, 5) is 0. The van der Waals surface area contributed by atoms with Crippen molar-refractivity contribution in [2.45, 2.75) is 25.3 Å². The molecule has 0 radical (unpaired) electrons. The van der Waals surface area contributed by atoms with Crippen molar-refractivity contribution in [2.24, 2.45) is 5.92 Å². The molecule has 1 saturated carbocycles. The number of benzene rings is 1. The van der Waals surface area contributed by atoms with E-state index in [0.717, 1.165) is 29.1 Å². The van der Waals surface area contributed by atoms with E-state index in [9.17, 15) is 0 Å². The molecule has 1 atom stereocenters. The van der Waals surface area contributed by atoms with Crippen molar-refractivity contribution in [3.8, 4) is 5.75 Å². The highest BCUT2D eigenvalue weighted by molar-refractivity contribution is 9.10. The fraction of sp³-hybridized carbons (Fsp3) is 0.538. The van der Waals surface area contributed by atoms with Gasteiger partial charge < -0.3 is 10.1 Å². The average molecular weight is 282 g/mol. The normalized spacial score (nSPS) is 24.0. The van der Waals surface area contributed by atoms with Gasteiger partial charge in [0.15, 0.2) is 0 Å². The zero-order chi connectivity index (χ0) is 11.1. The third-order valence-corrected chi connectivity index (χ3v) is 4.22. The Morgan fingerprint density at radius 3 is 2.88 bits per heavy atom. The number of methoxy groups -OCH3 is 1. The van der Waals surface area contributed by atoms with Crippen molar-refractivity contribution in [2.75, 3.05) is 13.7 Å². The van der Waals surface area contributed by atoms with Crippen molar-refractivity contribution >= 4 is 15.9 Å². The topological polar surface area (TPSA) is 21.3 Å². The number of rotatable bonds is 2. The van der Waals surface area contributed by atoms with Crippen LogP contribution in [0, 0.1) is 5.92 Å². The minimum atomic E-state index is 0.575. The lowest BCUT2D eigenvalue weighted by molar-refractivity contribution is 0.407. The third kappa shape index (κ3) is 1.76. The van der Waals surface area contributed by atoms with Crippen LogP contribution < -0.4 is 10.1 Å². The summed E-state index contributed by atoms with van der Waals surface area (Å²) in [6, 6.07) is 5.00. The smallest absolute Gasteiger partial charge is 0.133 e. The molecule has 1 fully saturated rings. The quantitative estimate of drug-likeness (QED) is 0.900. The molecule has 1 unspecified atom stereocenters. The lowest BCUT2D eigenvalue weighted by atomic mass is 9.91. The standard InChI is InChI=1S/C13H16BrNO/c1-16-12-6-9-4-5-15-13(8-2-3-8)10(9)7-11(12)14/h6-8,13,15H,2-5H2,1H3. The van der Waals surface area contributed by atoms with E-state index >= 15 is 0 Å². The largest absolute Gasteiger partial charge is 0.496 e. The molecule has 1 aromatic rings. The van der Waals surface area contributed by atoms with Crippen molar-refractivity contribution in [1.29, 1.82) is 0 Å². The van der Waals surface area contributed by atoms with Gasteiger partial charge >= 0.3 is 0 Å². The molecule has 2 nitrogen and oxygen atoms in total. The van der Waals surface area contributed by atoms with E-state index in [0.29, 0.717) is 6.04 Å². The van der Waals surface area contributed by atoms with Crippen LogP contribution in [0.25, 0.3) is 0 Å². The molecular formula is C13H16BrNO. The van der Waals surface area contributed by atoms with E-state index in [1.165, 1.54) is 24.0 Å². The Bertz CT molecular complexity index is 415. The van der Waals surface area contributed by atoms with Crippen LogP contribution in [-0.2, 0) is 6.42 Å². The first kappa shape index (κ1) is 10.6. The summed E-state index contributed by atoms with van der Waals surface area (Å²) in [6.45, 7) is 1.10. The maximum atomic E-state index is 5.36. The van der Waals surface area contributed by atoms with Crippen molar-refractivity contribution < 1.29 is 4.74 Å². The van der Waals surface area contributed by atoms with E-state index in [-0.39, 0.29) is 0 Å². The van der Waals surface area contributed by atoms with Crippen LogP contribution in [0.2, 0.25) is 0 Å². The Hall–Kier alpha value is -0.540. The first-order valence-electron chi connectivity index (χ1n) is 5.89. The molecule has 3 rings (SSSR count). The molecule has 1 N–H and O–H groups in total. The summed E-state index contributed by atoms with van der Waals surface area (Å²) in [6.07, 6.45) is 3.86. The zero-order valence-electron chi connectivity index (χ0n) is 9.42. The first-order chi connectivity index (χ1) is 7.79. The van der Waals surface area contributed by atoms with Gasteiger partial charge in [0.05, 0.1) is 11.6 Å². The second-order valence-electron chi connectivity index (χ2n) is 4.70. The van der Waals surface area contributed by atoms with Gasteiger partial charge in [-0.15, -0.1) is 0 Å². The Kier molecular flexibility index (Phi) is 2.68. The molecule has 1 aromatic carbocycles. The van der Waals surface area contributed by atoms with Crippen LogP contribution in [0.15, 0.2) is 16.6 Å². The van der Waals surface area contributed by atoms with Crippen molar-refractivity contribution in [3.63, 3.8) is 0 Å². The SMILES string of the molecule is COc1cc2c(cc1Br)C(C1CC1)NCC2. The molecule has 1 heterocycles. The Morgan fingerprint density at radius 1 is 1.38 bits per heavy atom. The molecule has 1 aliphatic heterocycles. The van der Waals surface area contributed by atoms with Gasteiger partial charge in [0.2, 0.25) is 0 Å². The van der Waals surface area contributed by atoms with Gasteiger partial charge in [-0.2, -0.15) is 0 Å². The predicted molar refractivity (Wildman–Crippen MR) is 67.9 cm³/mol. The second-order valence-corrected chi connectivity index (χ2v) is 5.56. The van der Waals surface area contributed by atoms with Gasteiger partial charge in [0, 0.05) is 6.04 Å². The Labute approximate surface area is 105 Å². The molecule has 0 bridgehead atoms. The number of nitrogens with one attached hydrogen (secondary N) is 1. The van der Waals surface area contributed by atoms with E-state index in [4.69, 9.17) is 4.74 Å². The minimum absolute atomic E-state index is 0.575. The molecule has 2 aliphatic rings. The molecule has 0 saturated heterocycles. The van der Waals surface area contributed by atoms with Crippen molar-refractivity contribution in [3.05, 3.63) is 27.7 Å². The number of fused-ring (bicyclic) bond motifs is 1. The lowest BCUT2D eigenvalue weighted by Gasteiger charge is -2.27. The summed E-state index contributed by atoms with van der Waals surface area (Å²) in [5, 5.41) is 3.64. The summed E-state index contributed by atoms with van der Waals surface area (Å²) in [5.41, 5.74) is 2.93. The predicted octanol–water partition coefficient (Wildman–Crippen LogP) is 3.05. The second kappa shape index (κ2) is 4.04. The fourth-order valence-corrected chi connectivity index (χ4v) is 3.12. The maximum absolute atomic E-state index is 5.36. The minimum Gasteiger partial charge on any atom is -0.496 e. The third-order valence-electron chi connectivity index (χ3n) is 3.60. The molecule has 86 valence electrons. The van der Waals surface area contributed by atoms with Crippen LogP contribution in [0.3, 0.4) is 0 Å². The molecule has 0 spiro atoms. The van der Waals surface area contributed by atoms with Crippen LogP contribution in [0.4, 0.5) is 0 Å². The Balaban J connectivity index is 2.03. The highest BCUT2D eigenvalue weighted by Crippen LogP contribution is 2.45. The lowest BCUT2D eigenvalue weighted by Crippen LogP contribution is -2.31. The highest BCUT2D eigenvalue weighted by Gasteiger charge is 2.35. The summed E-state index contributed by atoms with van der Waals surface area (Å²) in [7, 11) is 1.73. The average Bonchev–Trinajstić information content (AvgIpc) is 3.11. The monoisotopic (exact) mass is 281 g/mol. The van der Waals surface area contributed by atoms with Crippen LogP contribution in [0.5, 0.6) is 5.75 Å². The Morgan fingerprint density at radius 2 is 2.19 bits per heavy atom. The van der Waals surface area contributed by atoms with E-state index in [1.54, 1.807) is 7.11 Å². The van der Waals surface area contributed by atoms with Gasteiger partial charge in [-0.05, 0) is 70.9 Å². The number of halogens is 1. The van der Waals surface area contributed by atoms with Crippen LogP contribution in [-0.4, -0.2) is 13.7 Å². The van der Waals surface area contributed by atoms with E-state index < -0.39 is 0 Å². The molecular weight excluding hydrogens is 266 g/mol. The van der Waals surface area contributed by atoms with Gasteiger partial charge in [-0.1, -0.05) is 0 Å². The number of ether oxygens (including phenoxy) is 1. The summed E-state index contributed by atoms with van der Waals surface area (Å²) < 4.78 is 6.43. The molecule has 1 aliphatic carbocycles. The van der Waals surface area contributed by atoms with Crippen LogP contribution >= 0.6 is 15.9 Å². The number of hydrogen-bond donors (Lipinski definition) is 1. The van der Waals surface area contributed by atoms with Crippen LogP contribution in [0.1, 0.15) is 30.0 Å². The molecule has 0 aromatic heterocycles. The molecule has 3 heteroatoms. The molecule has 0 amide bonds. The van der Waals surface area contributed by atoms with Gasteiger partial charge in [0.25, 0.3) is 0 Å². The first-order valence-corrected chi connectivity index (χ1v) is 6.68. The maximum Gasteiger partial charge on any atom is 0.133 e. The van der Waals surface area contributed by atoms with Gasteiger partial charge in [-0.25, -0.2) is 0 Å². The zero-order valence-corrected chi connectivity index (χ0v) is 11.0. The van der Waals surface area contributed by atoms with Crippen molar-refractivity contribution in [1.82, 2.24) is 5.32 Å². The summed E-state index contributed by atoms with van der Waals surface area (Å²) >= 11 is 3.58. The number of hydrogen-bond acceptors (Lipinski definition) is 2. The summed E-state index contributed by atoms with van der Waals surface area (Å²) in [5.74, 6) is 1.81. The van der Waals surface area contributed by atoms with E-state index in [1.807, 2.05) is 0 Å². The molecule has 16 heavy (non-hydrogen) atoms. The fourth-order valence-electron chi connectivity index (χ4n) is 2.60. The van der Waals surface area contributed by atoms with E-state index in [2.05, 4.69) is 33.4 Å².